The fraction of sp³-hybridized carbons (Fsp3) is 0.250. The monoisotopic (exact) mass is 407 g/mol. The molecule has 4 aliphatic rings. The molecule has 152 valence electrons. The van der Waals surface area contributed by atoms with E-state index in [2.05, 4.69) is 15.5 Å². The normalized spacial score (nSPS) is 18.0. The molecule has 0 saturated carbocycles. The third-order valence-corrected chi connectivity index (χ3v) is 5.57. The molecule has 0 unspecified atom stereocenters. The molecule has 0 bridgehead atoms. The Morgan fingerprint density at radius 1 is 1.20 bits per heavy atom. The summed E-state index contributed by atoms with van der Waals surface area (Å²) in [4.78, 5) is 51.5. The van der Waals surface area contributed by atoms with Crippen molar-refractivity contribution in [1.29, 1.82) is 0 Å². The van der Waals surface area contributed by atoms with Gasteiger partial charge >= 0.3 is 5.97 Å². The van der Waals surface area contributed by atoms with Gasteiger partial charge in [0.25, 0.3) is 11.5 Å². The van der Waals surface area contributed by atoms with Crippen LogP contribution >= 0.6 is 0 Å². The van der Waals surface area contributed by atoms with E-state index >= 15 is 0 Å². The number of hydrogen-bond acceptors (Lipinski definition) is 6. The molecule has 1 atom stereocenters. The summed E-state index contributed by atoms with van der Waals surface area (Å²) < 4.78 is 6.37. The van der Waals surface area contributed by atoms with Gasteiger partial charge in [-0.25, -0.2) is 9.89 Å². The highest BCUT2D eigenvalue weighted by Gasteiger charge is 2.38. The van der Waals surface area contributed by atoms with Gasteiger partial charge in [0.2, 0.25) is 5.91 Å². The van der Waals surface area contributed by atoms with Gasteiger partial charge in [-0.15, -0.1) is 0 Å². The van der Waals surface area contributed by atoms with Crippen LogP contribution in [0.1, 0.15) is 33.6 Å². The topological polar surface area (TPSA) is 126 Å². The first-order valence-electron chi connectivity index (χ1n) is 9.43. The molecule has 0 aromatic heterocycles. The van der Waals surface area contributed by atoms with Crippen LogP contribution in [0.4, 0.5) is 5.69 Å². The van der Waals surface area contributed by atoms with Gasteiger partial charge in [0, 0.05) is 24.6 Å². The molecule has 10 nitrogen and oxygen atoms in total. The molecule has 10 heteroatoms. The number of ether oxygens (including phenoxy) is 1. The van der Waals surface area contributed by atoms with Crippen molar-refractivity contribution in [2.45, 2.75) is 18.9 Å². The Kier molecular flexibility index (Phi) is 3.95. The lowest BCUT2D eigenvalue weighted by atomic mass is 10.1. The minimum Gasteiger partial charge on any atom is -0.465 e. The molecule has 4 aliphatic heterocycles. The predicted octanol–water partition coefficient (Wildman–Crippen LogP) is 1.01. The molecule has 1 aromatic rings. The van der Waals surface area contributed by atoms with E-state index < -0.39 is 17.6 Å². The summed E-state index contributed by atoms with van der Waals surface area (Å²) in [6.07, 6.45) is 4.45. The van der Waals surface area contributed by atoms with Crippen LogP contribution in [0.5, 0.6) is 0 Å². The Bertz CT molecular complexity index is 1240. The van der Waals surface area contributed by atoms with Crippen molar-refractivity contribution in [2.24, 2.45) is 0 Å². The largest absolute Gasteiger partial charge is 0.465 e. The number of aromatic amines is 1. The minimum atomic E-state index is -0.640. The summed E-state index contributed by atoms with van der Waals surface area (Å²) in [5.41, 5.74) is 1.43. The molecule has 0 aliphatic carbocycles. The second-order valence-corrected chi connectivity index (χ2v) is 7.26. The molecule has 2 amide bonds. The number of H-pyrrole nitrogens is 1. The van der Waals surface area contributed by atoms with Gasteiger partial charge in [0.15, 0.2) is 0 Å². The van der Waals surface area contributed by atoms with E-state index in [1.807, 2.05) is 0 Å². The zero-order chi connectivity index (χ0) is 21.0. The number of esters is 1. The van der Waals surface area contributed by atoms with Gasteiger partial charge in [-0.3, -0.25) is 14.4 Å². The van der Waals surface area contributed by atoms with Crippen molar-refractivity contribution in [1.82, 2.24) is 19.7 Å². The lowest BCUT2D eigenvalue weighted by molar-refractivity contribution is -0.119. The number of benzene rings is 1. The second kappa shape index (κ2) is 6.55. The number of fused-ring (bicyclic) bond motifs is 3. The maximum absolute atomic E-state index is 13.1. The van der Waals surface area contributed by atoms with Crippen molar-refractivity contribution < 1.29 is 19.1 Å². The molecule has 4 heterocycles. The molecule has 0 radical (unpaired) electrons. The number of carbonyl (C=O) groups excluding carboxylic acids is 3. The molecule has 30 heavy (non-hydrogen) atoms. The number of pyridine rings is 1. The maximum atomic E-state index is 13.1. The quantitative estimate of drug-likeness (QED) is 0.611. The van der Waals surface area contributed by atoms with Crippen molar-refractivity contribution in [2.75, 3.05) is 19.0 Å². The average molecular weight is 407 g/mol. The summed E-state index contributed by atoms with van der Waals surface area (Å²) in [5, 5.41) is 9.06. The second-order valence-electron chi connectivity index (χ2n) is 7.26. The SMILES string of the molecule is COC(=O)c1cn(-c2ccc3c(c2)C(=O)N2CCC[C@H]2C(=O)N3)cc2c(=O)[nH]nc1-2. The highest BCUT2D eigenvalue weighted by Crippen LogP contribution is 2.31. The molecule has 1 saturated heterocycles. The van der Waals surface area contributed by atoms with Gasteiger partial charge in [-0.2, -0.15) is 5.10 Å². The van der Waals surface area contributed by atoms with Gasteiger partial charge < -0.3 is 19.5 Å². The third-order valence-electron chi connectivity index (χ3n) is 5.57. The fourth-order valence-corrected chi connectivity index (χ4v) is 4.08. The Balaban J connectivity index is 1.66. The van der Waals surface area contributed by atoms with E-state index in [1.165, 1.54) is 19.5 Å². The van der Waals surface area contributed by atoms with Crippen molar-refractivity contribution in [3.63, 3.8) is 0 Å². The van der Waals surface area contributed by atoms with Gasteiger partial charge in [0.1, 0.15) is 17.3 Å². The first-order valence-corrected chi connectivity index (χ1v) is 9.43. The number of hydrogen-bond donors (Lipinski definition) is 2. The third kappa shape index (κ3) is 2.60. The standard InChI is InChI=1S/C20H17N5O5/c1-30-20(29)13-9-24(8-12-16(13)22-23-17(12)26)10-4-5-14-11(7-10)19(28)25-6-2-3-15(25)18(27)21-14/h4-5,7-9,15H,2-3,6H2,1H3,(H,21,27)(H,23,26)/t15-/m0/s1. The van der Waals surface area contributed by atoms with Crippen LogP contribution in [0, 0.1) is 0 Å². The van der Waals surface area contributed by atoms with Gasteiger partial charge in [-0.1, -0.05) is 0 Å². The number of rotatable bonds is 2. The van der Waals surface area contributed by atoms with Crippen LogP contribution in [0.3, 0.4) is 0 Å². The summed E-state index contributed by atoms with van der Waals surface area (Å²) >= 11 is 0. The van der Waals surface area contributed by atoms with Crippen LogP contribution in [-0.2, 0) is 9.53 Å². The van der Waals surface area contributed by atoms with Crippen LogP contribution in [0.2, 0.25) is 0 Å². The van der Waals surface area contributed by atoms with Gasteiger partial charge in [-0.05, 0) is 31.0 Å². The van der Waals surface area contributed by atoms with Gasteiger partial charge in [0.05, 0.1) is 23.9 Å². The zero-order valence-corrected chi connectivity index (χ0v) is 16.0. The molecule has 1 fully saturated rings. The fourth-order valence-electron chi connectivity index (χ4n) is 4.08. The van der Waals surface area contributed by atoms with E-state index in [-0.39, 0.29) is 28.6 Å². The number of nitrogens with zero attached hydrogens (tertiary/aromatic N) is 3. The van der Waals surface area contributed by atoms with Crippen molar-refractivity contribution >= 4 is 23.5 Å². The number of nitrogens with one attached hydrogen (secondary N) is 2. The van der Waals surface area contributed by atoms with Crippen molar-refractivity contribution in [3.05, 3.63) is 52.1 Å². The predicted molar refractivity (Wildman–Crippen MR) is 105 cm³/mol. The summed E-state index contributed by atoms with van der Waals surface area (Å²) in [7, 11) is 1.24. The van der Waals surface area contributed by atoms with Crippen LogP contribution in [-0.4, -0.2) is 57.1 Å². The Morgan fingerprint density at radius 3 is 2.83 bits per heavy atom. The Hall–Kier alpha value is -3.95. The molecule has 5 rings (SSSR count). The number of aromatic nitrogens is 3. The molecule has 2 N–H and O–H groups in total. The van der Waals surface area contributed by atoms with Crippen LogP contribution in [0.15, 0.2) is 35.4 Å². The lowest BCUT2D eigenvalue weighted by Gasteiger charge is -2.20. The molecular weight excluding hydrogens is 390 g/mol. The summed E-state index contributed by atoms with van der Waals surface area (Å²) in [6.45, 7) is 0.529. The molecule has 1 aromatic carbocycles. The van der Waals surface area contributed by atoms with E-state index in [0.29, 0.717) is 29.9 Å². The van der Waals surface area contributed by atoms with Crippen LogP contribution in [0.25, 0.3) is 16.9 Å². The smallest absolute Gasteiger partial charge is 0.341 e. The minimum absolute atomic E-state index is 0.113. The molecule has 0 spiro atoms. The Labute approximate surface area is 169 Å². The Morgan fingerprint density at radius 2 is 2.03 bits per heavy atom. The maximum Gasteiger partial charge on any atom is 0.341 e. The molecular formula is C20H17N5O5. The number of carbonyl (C=O) groups is 3. The number of amides is 2. The first kappa shape index (κ1) is 18.1. The van der Waals surface area contributed by atoms with Crippen molar-refractivity contribution in [3.8, 4) is 16.9 Å². The number of anilines is 1. The van der Waals surface area contributed by atoms with E-state index in [1.54, 1.807) is 27.7 Å². The van der Waals surface area contributed by atoms with E-state index in [0.717, 1.165) is 6.42 Å². The first-order chi connectivity index (χ1) is 14.5. The number of methoxy groups -OCH3 is 1. The average Bonchev–Trinajstić information content (AvgIpc) is 3.37. The summed E-state index contributed by atoms with van der Waals surface area (Å²) in [6, 6.07) is 4.51. The van der Waals surface area contributed by atoms with Crippen LogP contribution < -0.4 is 10.9 Å². The van der Waals surface area contributed by atoms with E-state index in [9.17, 15) is 19.2 Å². The summed E-state index contributed by atoms with van der Waals surface area (Å²) in [5.74, 6) is -1.06. The van der Waals surface area contributed by atoms with E-state index in [4.69, 9.17) is 4.74 Å². The lowest BCUT2D eigenvalue weighted by Crippen LogP contribution is -2.40. The zero-order valence-electron chi connectivity index (χ0n) is 16.0. The highest BCUT2D eigenvalue weighted by molar-refractivity contribution is 6.10. The highest BCUT2D eigenvalue weighted by atomic mass is 16.5.